The first-order valence-corrected chi connectivity index (χ1v) is 4.67. The number of fused-ring (bicyclic) bond motifs is 1. The van der Waals surface area contributed by atoms with Crippen molar-refractivity contribution in [2.75, 3.05) is 13.7 Å². The molecule has 0 fully saturated rings. The molecule has 0 aromatic carbocycles. The molecule has 1 aliphatic heterocycles. The first-order valence-electron chi connectivity index (χ1n) is 4.67. The lowest BCUT2D eigenvalue weighted by Crippen LogP contribution is -2.27. The van der Waals surface area contributed by atoms with Crippen molar-refractivity contribution in [3.63, 3.8) is 0 Å². The summed E-state index contributed by atoms with van der Waals surface area (Å²) in [6, 6.07) is 1.29. The van der Waals surface area contributed by atoms with Gasteiger partial charge in [0.15, 0.2) is 0 Å². The third kappa shape index (κ3) is 1.88. The van der Waals surface area contributed by atoms with Crippen molar-refractivity contribution in [2.45, 2.75) is 19.1 Å². The molecule has 0 radical (unpaired) electrons. The number of aliphatic hydroxyl groups is 1. The van der Waals surface area contributed by atoms with Gasteiger partial charge in [-0.25, -0.2) is 4.79 Å². The minimum atomic E-state index is -0.441. The van der Waals surface area contributed by atoms with Gasteiger partial charge in [0, 0.05) is 6.42 Å². The summed E-state index contributed by atoms with van der Waals surface area (Å²) in [6.45, 7) is 0.216. The highest BCUT2D eigenvalue weighted by Gasteiger charge is 2.24. The van der Waals surface area contributed by atoms with Gasteiger partial charge in [0.25, 0.3) is 0 Å². The van der Waals surface area contributed by atoms with E-state index in [1.165, 1.54) is 13.2 Å². The first kappa shape index (κ1) is 10.2. The van der Waals surface area contributed by atoms with E-state index in [0.29, 0.717) is 24.5 Å². The fraction of sp³-hybridized carbons (Fsp3) is 0.500. The lowest BCUT2D eigenvalue weighted by Gasteiger charge is -2.23. The van der Waals surface area contributed by atoms with Gasteiger partial charge in [-0.1, -0.05) is 0 Å². The van der Waals surface area contributed by atoms with Crippen molar-refractivity contribution in [1.82, 2.24) is 0 Å². The Morgan fingerprint density at radius 2 is 2.47 bits per heavy atom. The van der Waals surface area contributed by atoms with Crippen molar-refractivity contribution in [2.24, 2.45) is 0 Å². The van der Waals surface area contributed by atoms with Gasteiger partial charge in [-0.2, -0.15) is 0 Å². The highest BCUT2D eigenvalue weighted by Crippen LogP contribution is 2.26. The van der Waals surface area contributed by atoms with Gasteiger partial charge in [-0.3, -0.25) is 0 Å². The number of methoxy groups -OCH3 is 1. The zero-order chi connectivity index (χ0) is 10.8. The molecule has 0 spiro atoms. The second-order valence-corrected chi connectivity index (χ2v) is 3.36. The fourth-order valence-electron chi connectivity index (χ4n) is 1.63. The molecule has 1 N–H and O–H groups in total. The molecule has 1 atom stereocenters. The molecular weight excluding hydrogens is 200 g/mol. The summed E-state index contributed by atoms with van der Waals surface area (Å²) in [5.74, 6) is 1.03. The number of aliphatic hydroxyl groups excluding tert-OH is 1. The number of hydrogen-bond donors (Lipinski definition) is 1. The maximum absolute atomic E-state index is 11.2. The van der Waals surface area contributed by atoms with Crippen LogP contribution in [0.2, 0.25) is 0 Å². The predicted molar refractivity (Wildman–Crippen MR) is 50.9 cm³/mol. The smallest absolute Gasteiger partial charge is 0.339 e. The SMILES string of the molecule is COc1cc(=O)oc2c1COC(CO)C2. The summed E-state index contributed by atoms with van der Waals surface area (Å²) in [7, 11) is 1.49. The van der Waals surface area contributed by atoms with Crippen LogP contribution < -0.4 is 10.4 Å². The third-order valence-corrected chi connectivity index (χ3v) is 2.41. The Hall–Kier alpha value is -1.33. The summed E-state index contributed by atoms with van der Waals surface area (Å²) >= 11 is 0. The number of ether oxygens (including phenoxy) is 2. The van der Waals surface area contributed by atoms with Crippen LogP contribution in [0.5, 0.6) is 5.75 Å². The molecule has 1 aromatic rings. The quantitative estimate of drug-likeness (QED) is 0.752. The van der Waals surface area contributed by atoms with Gasteiger partial charge in [-0.05, 0) is 0 Å². The molecule has 15 heavy (non-hydrogen) atoms. The molecule has 82 valence electrons. The predicted octanol–water partition coefficient (Wildman–Crippen LogP) is 0.0820. The summed E-state index contributed by atoms with van der Waals surface area (Å²) in [5.41, 5.74) is 0.311. The second-order valence-electron chi connectivity index (χ2n) is 3.36. The largest absolute Gasteiger partial charge is 0.496 e. The van der Waals surface area contributed by atoms with Crippen LogP contribution in [0, 0.1) is 0 Å². The number of hydrogen-bond acceptors (Lipinski definition) is 5. The maximum atomic E-state index is 11.2. The van der Waals surface area contributed by atoms with Crippen molar-refractivity contribution in [3.8, 4) is 5.75 Å². The van der Waals surface area contributed by atoms with Gasteiger partial charge in [0.2, 0.25) is 0 Å². The number of rotatable bonds is 2. The van der Waals surface area contributed by atoms with Gasteiger partial charge in [0.05, 0.1) is 38.1 Å². The van der Waals surface area contributed by atoms with Crippen LogP contribution in [0.4, 0.5) is 0 Å². The topological polar surface area (TPSA) is 68.9 Å². The van der Waals surface area contributed by atoms with E-state index < -0.39 is 5.63 Å². The van der Waals surface area contributed by atoms with E-state index in [0.717, 1.165) is 5.56 Å². The highest BCUT2D eigenvalue weighted by molar-refractivity contribution is 5.34. The Morgan fingerprint density at radius 1 is 1.67 bits per heavy atom. The molecule has 2 heterocycles. The molecule has 0 saturated heterocycles. The molecule has 0 bridgehead atoms. The average molecular weight is 212 g/mol. The molecule has 2 rings (SSSR count). The van der Waals surface area contributed by atoms with E-state index in [1.54, 1.807) is 0 Å². The normalized spacial score (nSPS) is 19.7. The minimum Gasteiger partial charge on any atom is -0.496 e. The van der Waals surface area contributed by atoms with E-state index in [4.69, 9.17) is 19.0 Å². The minimum absolute atomic E-state index is 0.0830. The van der Waals surface area contributed by atoms with Crippen molar-refractivity contribution in [3.05, 3.63) is 27.8 Å². The van der Waals surface area contributed by atoms with Crippen LogP contribution in [0.25, 0.3) is 0 Å². The first-order chi connectivity index (χ1) is 7.24. The Balaban J connectivity index is 2.42. The van der Waals surface area contributed by atoms with Gasteiger partial charge in [-0.15, -0.1) is 0 Å². The molecule has 0 amide bonds. The van der Waals surface area contributed by atoms with Gasteiger partial charge < -0.3 is 19.0 Å². The standard InChI is InChI=1S/C10H12O5/c1-13-8-3-10(12)15-9-2-6(4-11)14-5-7(8)9/h3,6,11H,2,4-5H2,1H3. The molecule has 0 saturated carbocycles. The zero-order valence-corrected chi connectivity index (χ0v) is 8.36. The van der Waals surface area contributed by atoms with Crippen molar-refractivity contribution < 1.29 is 19.0 Å². The maximum Gasteiger partial charge on any atom is 0.339 e. The summed E-state index contributed by atoms with van der Waals surface area (Å²) in [6.07, 6.45) is 0.103. The van der Waals surface area contributed by atoms with Crippen LogP contribution in [-0.2, 0) is 17.8 Å². The lowest BCUT2D eigenvalue weighted by molar-refractivity contribution is -0.0145. The average Bonchev–Trinajstić information content (AvgIpc) is 2.26. The molecular formula is C10H12O5. The Bertz CT molecular complexity index is 409. The van der Waals surface area contributed by atoms with E-state index in [2.05, 4.69) is 0 Å². The monoisotopic (exact) mass is 212 g/mol. The molecule has 1 unspecified atom stereocenters. The Kier molecular flexibility index (Phi) is 2.75. The van der Waals surface area contributed by atoms with Gasteiger partial charge in [0.1, 0.15) is 11.5 Å². The zero-order valence-electron chi connectivity index (χ0n) is 8.36. The summed E-state index contributed by atoms with van der Waals surface area (Å²) < 4.78 is 15.5. The summed E-state index contributed by atoms with van der Waals surface area (Å²) in [4.78, 5) is 11.2. The lowest BCUT2D eigenvalue weighted by atomic mass is 10.1. The van der Waals surface area contributed by atoms with Crippen molar-refractivity contribution in [1.29, 1.82) is 0 Å². The summed E-state index contributed by atoms with van der Waals surface area (Å²) in [5, 5.41) is 8.94. The van der Waals surface area contributed by atoms with Crippen LogP contribution in [-0.4, -0.2) is 24.9 Å². The van der Waals surface area contributed by atoms with E-state index in [1.807, 2.05) is 0 Å². The Labute approximate surface area is 86.2 Å². The van der Waals surface area contributed by atoms with Crippen LogP contribution in [0.15, 0.2) is 15.3 Å². The van der Waals surface area contributed by atoms with Crippen molar-refractivity contribution >= 4 is 0 Å². The molecule has 0 aliphatic carbocycles. The molecule has 1 aromatic heterocycles. The molecule has 5 nitrogen and oxygen atoms in total. The fourth-order valence-corrected chi connectivity index (χ4v) is 1.63. The van der Waals surface area contributed by atoms with Crippen LogP contribution in [0.1, 0.15) is 11.3 Å². The van der Waals surface area contributed by atoms with E-state index in [-0.39, 0.29) is 12.7 Å². The van der Waals surface area contributed by atoms with Crippen LogP contribution >= 0.6 is 0 Å². The third-order valence-electron chi connectivity index (χ3n) is 2.41. The Morgan fingerprint density at radius 3 is 3.13 bits per heavy atom. The second kappa shape index (κ2) is 4.04. The highest BCUT2D eigenvalue weighted by atomic mass is 16.5. The van der Waals surface area contributed by atoms with Crippen LogP contribution in [0.3, 0.4) is 0 Å². The molecule has 1 aliphatic rings. The van der Waals surface area contributed by atoms with E-state index in [9.17, 15) is 4.79 Å². The van der Waals surface area contributed by atoms with E-state index >= 15 is 0 Å². The van der Waals surface area contributed by atoms with Gasteiger partial charge >= 0.3 is 5.63 Å². The molecule has 5 heteroatoms.